The maximum atomic E-state index is 10.3. The second-order valence-corrected chi connectivity index (χ2v) is 5.27. The van der Waals surface area contributed by atoms with Gasteiger partial charge in [-0.2, -0.15) is 0 Å². The number of methoxy groups -OCH3 is 2. The van der Waals surface area contributed by atoms with Crippen LogP contribution >= 0.6 is 0 Å². The molecule has 0 radical (unpaired) electrons. The summed E-state index contributed by atoms with van der Waals surface area (Å²) in [4.78, 5) is 0. The van der Waals surface area contributed by atoms with Gasteiger partial charge in [0.25, 0.3) is 0 Å². The van der Waals surface area contributed by atoms with Crippen LogP contribution < -0.4 is 14.8 Å². The van der Waals surface area contributed by atoms with Crippen molar-refractivity contribution in [2.24, 2.45) is 5.92 Å². The summed E-state index contributed by atoms with van der Waals surface area (Å²) in [7, 11) is 3.18. The molecule has 0 amide bonds. The van der Waals surface area contributed by atoms with Gasteiger partial charge in [0.15, 0.2) is 0 Å². The van der Waals surface area contributed by atoms with Gasteiger partial charge in [-0.1, -0.05) is 0 Å². The molecule has 2 rings (SSSR count). The van der Waals surface area contributed by atoms with Gasteiger partial charge in [0.05, 0.1) is 26.4 Å². The fourth-order valence-electron chi connectivity index (χ4n) is 2.50. The zero-order chi connectivity index (χ0) is 14.5. The quantitative estimate of drug-likeness (QED) is 0.698. The summed E-state index contributed by atoms with van der Waals surface area (Å²) in [5.41, 5.74) is 0.716. The Morgan fingerprint density at radius 3 is 2.65 bits per heavy atom. The first-order valence-corrected chi connectivity index (χ1v) is 6.92. The molecule has 1 aliphatic rings. The van der Waals surface area contributed by atoms with E-state index in [9.17, 15) is 10.2 Å². The third-order valence-electron chi connectivity index (χ3n) is 3.78. The molecule has 0 aliphatic heterocycles. The maximum absolute atomic E-state index is 10.3. The van der Waals surface area contributed by atoms with Crippen LogP contribution in [0.2, 0.25) is 0 Å². The third-order valence-corrected chi connectivity index (χ3v) is 3.78. The Kier molecular flexibility index (Phi) is 5.23. The van der Waals surface area contributed by atoms with E-state index >= 15 is 0 Å². The number of ether oxygens (including phenoxy) is 2. The van der Waals surface area contributed by atoms with Crippen LogP contribution in [0.15, 0.2) is 18.2 Å². The minimum Gasteiger partial charge on any atom is -0.497 e. The molecular formula is C15H23NO4. The predicted molar refractivity (Wildman–Crippen MR) is 76.1 cm³/mol. The highest BCUT2D eigenvalue weighted by atomic mass is 16.5. The number of hydrogen-bond acceptors (Lipinski definition) is 5. The molecule has 0 aromatic heterocycles. The Labute approximate surface area is 119 Å². The lowest BCUT2D eigenvalue weighted by molar-refractivity contribution is 0.0414. The van der Waals surface area contributed by atoms with Crippen molar-refractivity contribution in [3.8, 4) is 11.5 Å². The Morgan fingerprint density at radius 1 is 1.30 bits per heavy atom. The van der Waals surface area contributed by atoms with Crippen molar-refractivity contribution in [1.82, 2.24) is 5.32 Å². The minimum absolute atomic E-state index is 0.134. The molecule has 0 heterocycles. The molecule has 20 heavy (non-hydrogen) atoms. The van der Waals surface area contributed by atoms with Crippen LogP contribution in [-0.4, -0.2) is 43.6 Å². The monoisotopic (exact) mass is 281 g/mol. The van der Waals surface area contributed by atoms with Crippen molar-refractivity contribution in [2.45, 2.75) is 25.0 Å². The van der Waals surface area contributed by atoms with E-state index in [0.29, 0.717) is 29.5 Å². The summed E-state index contributed by atoms with van der Waals surface area (Å²) < 4.78 is 10.4. The van der Waals surface area contributed by atoms with Crippen molar-refractivity contribution in [2.75, 3.05) is 27.3 Å². The molecule has 1 aliphatic carbocycles. The smallest absolute Gasteiger partial charge is 0.124 e. The molecule has 0 spiro atoms. The molecule has 0 bridgehead atoms. The highest BCUT2D eigenvalue weighted by Crippen LogP contribution is 2.29. The summed E-state index contributed by atoms with van der Waals surface area (Å²) >= 11 is 0. The zero-order valence-electron chi connectivity index (χ0n) is 12.0. The van der Waals surface area contributed by atoms with Crippen LogP contribution in [-0.2, 0) is 0 Å². The molecular weight excluding hydrogens is 258 g/mol. The topological polar surface area (TPSA) is 71.0 Å². The van der Waals surface area contributed by atoms with Crippen LogP contribution in [0.25, 0.3) is 0 Å². The molecule has 1 unspecified atom stereocenters. The normalized spacial score (nSPS) is 23.0. The van der Waals surface area contributed by atoms with Crippen LogP contribution in [0.1, 0.15) is 24.5 Å². The highest BCUT2D eigenvalue weighted by molar-refractivity contribution is 5.41. The van der Waals surface area contributed by atoms with Crippen molar-refractivity contribution >= 4 is 0 Å². The molecule has 112 valence electrons. The fourth-order valence-corrected chi connectivity index (χ4v) is 2.50. The van der Waals surface area contributed by atoms with Gasteiger partial charge in [-0.25, -0.2) is 0 Å². The Balaban J connectivity index is 1.88. The van der Waals surface area contributed by atoms with E-state index < -0.39 is 6.10 Å². The summed E-state index contributed by atoms with van der Waals surface area (Å²) in [6, 6.07) is 5.39. The van der Waals surface area contributed by atoms with E-state index in [4.69, 9.17) is 9.47 Å². The summed E-state index contributed by atoms with van der Waals surface area (Å²) in [5.74, 6) is 1.87. The van der Waals surface area contributed by atoms with E-state index in [0.717, 1.165) is 19.4 Å². The van der Waals surface area contributed by atoms with E-state index in [1.54, 1.807) is 32.4 Å². The number of hydrogen-bond donors (Lipinski definition) is 3. The number of aliphatic hydroxyl groups is 2. The van der Waals surface area contributed by atoms with Gasteiger partial charge in [-0.3, -0.25) is 0 Å². The number of aliphatic hydroxyl groups excluding tert-OH is 2. The van der Waals surface area contributed by atoms with Gasteiger partial charge < -0.3 is 25.0 Å². The van der Waals surface area contributed by atoms with E-state index in [2.05, 4.69) is 5.32 Å². The van der Waals surface area contributed by atoms with Gasteiger partial charge >= 0.3 is 0 Å². The SMILES string of the molecule is COc1ccc(OC)c(C(O)CNCC2CC(O)C2)c1. The average molecular weight is 281 g/mol. The molecule has 1 aromatic carbocycles. The predicted octanol–water partition coefficient (Wildman–Crippen LogP) is 1.10. The summed E-state index contributed by atoms with van der Waals surface area (Å²) in [6.07, 6.45) is 0.923. The van der Waals surface area contributed by atoms with Crippen LogP contribution in [0.4, 0.5) is 0 Å². The van der Waals surface area contributed by atoms with Crippen molar-refractivity contribution in [1.29, 1.82) is 0 Å². The summed E-state index contributed by atoms with van der Waals surface area (Å²) in [5, 5.41) is 22.7. The van der Waals surface area contributed by atoms with Gasteiger partial charge in [-0.15, -0.1) is 0 Å². The molecule has 1 fully saturated rings. The van der Waals surface area contributed by atoms with Gasteiger partial charge in [0.1, 0.15) is 11.5 Å². The lowest BCUT2D eigenvalue weighted by Crippen LogP contribution is -2.37. The zero-order valence-corrected chi connectivity index (χ0v) is 12.0. The number of benzene rings is 1. The largest absolute Gasteiger partial charge is 0.497 e. The van der Waals surface area contributed by atoms with E-state index in [-0.39, 0.29) is 6.10 Å². The Bertz CT molecular complexity index is 432. The van der Waals surface area contributed by atoms with Crippen LogP contribution in [0.3, 0.4) is 0 Å². The second-order valence-electron chi connectivity index (χ2n) is 5.27. The molecule has 1 saturated carbocycles. The average Bonchev–Trinajstić information content (AvgIpc) is 2.44. The molecule has 0 saturated heterocycles. The number of nitrogens with one attached hydrogen (secondary N) is 1. The molecule has 1 aromatic rings. The highest BCUT2D eigenvalue weighted by Gasteiger charge is 2.26. The molecule has 5 heteroatoms. The Hall–Kier alpha value is -1.30. The lowest BCUT2D eigenvalue weighted by atomic mass is 9.82. The third kappa shape index (κ3) is 3.62. The van der Waals surface area contributed by atoms with E-state index in [1.807, 2.05) is 0 Å². The standard InChI is InChI=1S/C15H23NO4/c1-19-12-3-4-15(20-2)13(7-12)14(18)9-16-8-10-5-11(17)6-10/h3-4,7,10-11,14,16-18H,5-6,8-9H2,1-2H3. The van der Waals surface area contributed by atoms with Crippen LogP contribution in [0, 0.1) is 5.92 Å². The van der Waals surface area contributed by atoms with Gasteiger partial charge in [0, 0.05) is 12.1 Å². The van der Waals surface area contributed by atoms with Crippen molar-refractivity contribution in [3.05, 3.63) is 23.8 Å². The van der Waals surface area contributed by atoms with Crippen LogP contribution in [0.5, 0.6) is 11.5 Å². The molecule has 1 atom stereocenters. The fraction of sp³-hybridized carbons (Fsp3) is 0.600. The lowest BCUT2D eigenvalue weighted by Gasteiger charge is -2.31. The first-order chi connectivity index (χ1) is 9.63. The van der Waals surface area contributed by atoms with Gasteiger partial charge in [-0.05, 0) is 43.5 Å². The summed E-state index contributed by atoms with van der Waals surface area (Å²) in [6.45, 7) is 1.27. The number of rotatable bonds is 7. The maximum Gasteiger partial charge on any atom is 0.124 e. The van der Waals surface area contributed by atoms with Gasteiger partial charge in [0.2, 0.25) is 0 Å². The first kappa shape index (κ1) is 15.1. The Morgan fingerprint density at radius 2 is 2.05 bits per heavy atom. The van der Waals surface area contributed by atoms with Crippen molar-refractivity contribution in [3.63, 3.8) is 0 Å². The molecule has 3 N–H and O–H groups in total. The second kappa shape index (κ2) is 6.92. The molecule has 5 nitrogen and oxygen atoms in total. The van der Waals surface area contributed by atoms with E-state index in [1.165, 1.54) is 0 Å². The minimum atomic E-state index is -0.648. The van der Waals surface area contributed by atoms with Crippen molar-refractivity contribution < 1.29 is 19.7 Å². The first-order valence-electron chi connectivity index (χ1n) is 6.92.